The van der Waals surface area contributed by atoms with Crippen LogP contribution in [0.15, 0.2) is 6.07 Å². The fourth-order valence-corrected chi connectivity index (χ4v) is 3.30. The molecule has 1 fully saturated rings. The summed E-state index contributed by atoms with van der Waals surface area (Å²) in [5, 5.41) is 0. The van der Waals surface area contributed by atoms with E-state index in [2.05, 4.69) is 21.1 Å². The van der Waals surface area contributed by atoms with Gasteiger partial charge in [0.25, 0.3) is 0 Å². The molecule has 1 aromatic heterocycles. The zero-order valence-corrected chi connectivity index (χ0v) is 13.4. The third kappa shape index (κ3) is 3.35. The molecule has 0 atom stereocenters. The molecule has 0 amide bonds. The van der Waals surface area contributed by atoms with E-state index < -0.39 is 0 Å². The number of hydrogen-bond donors (Lipinski definition) is 1. The molecular formula is C14H24N4OS. The number of ether oxygens (including phenoxy) is 1. The third-order valence-corrected chi connectivity index (χ3v) is 5.34. The Hall–Kier alpha value is -1.01. The van der Waals surface area contributed by atoms with Crippen LogP contribution in [0.4, 0.5) is 5.82 Å². The maximum Gasteiger partial charge on any atom is 0.218 e. The maximum atomic E-state index is 5.94. The molecule has 1 saturated heterocycles. The molecule has 0 radical (unpaired) electrons. The van der Waals surface area contributed by atoms with Gasteiger partial charge in [-0.15, -0.1) is 0 Å². The summed E-state index contributed by atoms with van der Waals surface area (Å²) in [6, 6.07) is 1.94. The van der Waals surface area contributed by atoms with E-state index in [1.807, 2.05) is 31.7 Å². The second kappa shape index (κ2) is 6.63. The highest BCUT2D eigenvalue weighted by molar-refractivity contribution is 8.00. The highest BCUT2D eigenvalue weighted by Crippen LogP contribution is 2.35. The largest absolute Gasteiger partial charge is 0.478 e. The molecule has 20 heavy (non-hydrogen) atoms. The first-order valence-electron chi connectivity index (χ1n) is 7.11. The lowest BCUT2D eigenvalue weighted by Crippen LogP contribution is -2.46. The zero-order valence-electron chi connectivity index (χ0n) is 12.6. The van der Waals surface area contributed by atoms with Crippen molar-refractivity contribution < 1.29 is 4.74 Å². The van der Waals surface area contributed by atoms with Gasteiger partial charge >= 0.3 is 0 Å². The quantitative estimate of drug-likeness (QED) is 0.894. The molecule has 1 aliphatic heterocycles. The first-order chi connectivity index (χ1) is 9.62. The number of thioether (sulfide) groups is 1. The first-order valence-corrected chi connectivity index (χ1v) is 8.33. The standard InChI is InChI=1S/C14H24N4OS/c1-4-19-13-9-12(16-11(2)17-13)18-7-5-14(10-15,20-3)6-8-18/h9H,4-8,10,15H2,1-3H3. The molecule has 0 bridgehead atoms. The Balaban J connectivity index is 2.10. The predicted molar refractivity (Wildman–Crippen MR) is 84.7 cm³/mol. The number of nitrogens with zero attached hydrogens (tertiary/aromatic N) is 3. The average molecular weight is 296 g/mol. The Labute approximate surface area is 125 Å². The minimum atomic E-state index is 0.237. The molecule has 0 aliphatic carbocycles. The van der Waals surface area contributed by atoms with Gasteiger partial charge in [-0.3, -0.25) is 0 Å². The van der Waals surface area contributed by atoms with E-state index in [1.165, 1.54) is 0 Å². The molecule has 1 aliphatic rings. The van der Waals surface area contributed by atoms with Crippen LogP contribution in [0.25, 0.3) is 0 Å². The molecule has 5 nitrogen and oxygen atoms in total. The van der Waals surface area contributed by atoms with Crippen LogP contribution >= 0.6 is 11.8 Å². The van der Waals surface area contributed by atoms with E-state index in [4.69, 9.17) is 10.5 Å². The van der Waals surface area contributed by atoms with Crippen LogP contribution in [0.5, 0.6) is 5.88 Å². The molecular weight excluding hydrogens is 272 g/mol. The molecule has 2 rings (SSSR count). The van der Waals surface area contributed by atoms with Crippen molar-refractivity contribution in [3.8, 4) is 5.88 Å². The number of aryl methyl sites for hydroxylation is 1. The Morgan fingerprint density at radius 1 is 1.40 bits per heavy atom. The summed E-state index contributed by atoms with van der Waals surface area (Å²) in [5.74, 6) is 2.38. The third-order valence-electron chi connectivity index (χ3n) is 3.90. The summed E-state index contributed by atoms with van der Waals surface area (Å²) in [4.78, 5) is 11.1. The first kappa shape index (κ1) is 15.4. The number of rotatable bonds is 5. The molecule has 0 unspecified atom stereocenters. The van der Waals surface area contributed by atoms with Gasteiger partial charge < -0.3 is 15.4 Å². The van der Waals surface area contributed by atoms with Gasteiger partial charge in [-0.2, -0.15) is 16.7 Å². The summed E-state index contributed by atoms with van der Waals surface area (Å²) in [6.07, 6.45) is 4.35. The number of nitrogens with two attached hydrogens (primary N) is 1. The van der Waals surface area contributed by atoms with Crippen molar-refractivity contribution in [2.75, 3.05) is 37.4 Å². The van der Waals surface area contributed by atoms with Gasteiger partial charge in [0.2, 0.25) is 5.88 Å². The second-order valence-electron chi connectivity index (χ2n) is 5.12. The van der Waals surface area contributed by atoms with Crippen molar-refractivity contribution in [3.63, 3.8) is 0 Å². The summed E-state index contributed by atoms with van der Waals surface area (Å²) >= 11 is 1.90. The molecule has 0 spiro atoms. The molecule has 2 heterocycles. The van der Waals surface area contributed by atoms with Gasteiger partial charge in [0.05, 0.1) is 6.61 Å². The van der Waals surface area contributed by atoms with E-state index in [1.54, 1.807) is 0 Å². The van der Waals surface area contributed by atoms with Crippen LogP contribution in [0.1, 0.15) is 25.6 Å². The van der Waals surface area contributed by atoms with Gasteiger partial charge in [-0.1, -0.05) is 0 Å². The predicted octanol–water partition coefficient (Wildman–Crippen LogP) is 1.84. The summed E-state index contributed by atoms with van der Waals surface area (Å²) in [5.41, 5.74) is 5.94. The van der Waals surface area contributed by atoms with Crippen molar-refractivity contribution in [2.24, 2.45) is 5.73 Å². The molecule has 0 aromatic carbocycles. The fourth-order valence-electron chi connectivity index (χ4n) is 2.54. The van der Waals surface area contributed by atoms with Gasteiger partial charge in [0, 0.05) is 30.4 Å². The van der Waals surface area contributed by atoms with Crippen LogP contribution in [-0.2, 0) is 0 Å². The summed E-state index contributed by atoms with van der Waals surface area (Å²) in [7, 11) is 0. The minimum Gasteiger partial charge on any atom is -0.478 e. The van der Waals surface area contributed by atoms with Gasteiger partial charge in [0.1, 0.15) is 11.6 Å². The van der Waals surface area contributed by atoms with E-state index in [0.29, 0.717) is 12.5 Å². The highest BCUT2D eigenvalue weighted by Gasteiger charge is 2.33. The van der Waals surface area contributed by atoms with Gasteiger partial charge in [0.15, 0.2) is 0 Å². The van der Waals surface area contributed by atoms with Crippen LogP contribution in [-0.4, -0.2) is 47.2 Å². The van der Waals surface area contributed by atoms with E-state index in [-0.39, 0.29) is 4.75 Å². The lowest BCUT2D eigenvalue weighted by Gasteiger charge is -2.40. The van der Waals surface area contributed by atoms with Crippen LogP contribution in [0, 0.1) is 6.92 Å². The summed E-state index contributed by atoms with van der Waals surface area (Å²) in [6.45, 7) is 7.21. The topological polar surface area (TPSA) is 64.3 Å². The van der Waals surface area contributed by atoms with Crippen LogP contribution in [0.2, 0.25) is 0 Å². The smallest absolute Gasteiger partial charge is 0.218 e. The number of anilines is 1. The monoisotopic (exact) mass is 296 g/mol. The Morgan fingerprint density at radius 3 is 2.65 bits per heavy atom. The molecule has 112 valence electrons. The maximum absolute atomic E-state index is 5.94. The Morgan fingerprint density at radius 2 is 2.10 bits per heavy atom. The minimum absolute atomic E-state index is 0.237. The van der Waals surface area contributed by atoms with Crippen LogP contribution in [0.3, 0.4) is 0 Å². The van der Waals surface area contributed by atoms with Gasteiger partial charge in [-0.25, -0.2) is 4.98 Å². The normalized spacial score (nSPS) is 18.1. The number of aromatic nitrogens is 2. The molecule has 0 saturated carbocycles. The van der Waals surface area contributed by atoms with Crippen LogP contribution < -0.4 is 15.4 Å². The number of piperidine rings is 1. The lowest BCUT2D eigenvalue weighted by molar-refractivity contribution is 0.325. The number of hydrogen-bond acceptors (Lipinski definition) is 6. The van der Waals surface area contributed by atoms with E-state index >= 15 is 0 Å². The van der Waals surface area contributed by atoms with Crippen molar-refractivity contribution in [3.05, 3.63) is 11.9 Å². The second-order valence-corrected chi connectivity index (χ2v) is 6.40. The van der Waals surface area contributed by atoms with E-state index in [9.17, 15) is 0 Å². The summed E-state index contributed by atoms with van der Waals surface area (Å²) < 4.78 is 5.74. The van der Waals surface area contributed by atoms with Crippen molar-refractivity contribution in [1.82, 2.24) is 9.97 Å². The van der Waals surface area contributed by atoms with Crippen molar-refractivity contribution >= 4 is 17.6 Å². The molecule has 2 N–H and O–H groups in total. The highest BCUT2D eigenvalue weighted by atomic mass is 32.2. The molecule has 6 heteroatoms. The van der Waals surface area contributed by atoms with Crippen molar-refractivity contribution in [2.45, 2.75) is 31.4 Å². The zero-order chi connectivity index (χ0) is 14.6. The molecule has 1 aromatic rings. The average Bonchev–Trinajstić information content (AvgIpc) is 2.47. The van der Waals surface area contributed by atoms with E-state index in [0.717, 1.165) is 44.1 Å². The Kier molecular flexibility index (Phi) is 5.10. The van der Waals surface area contributed by atoms with Gasteiger partial charge in [-0.05, 0) is 32.9 Å². The SMILES string of the molecule is CCOc1cc(N2CCC(CN)(SC)CC2)nc(C)n1. The fraction of sp³-hybridized carbons (Fsp3) is 0.714. The lowest BCUT2D eigenvalue weighted by atomic mass is 9.96. The Bertz CT molecular complexity index is 441. The van der Waals surface area contributed by atoms with Crippen molar-refractivity contribution in [1.29, 1.82) is 0 Å².